The third-order valence-electron chi connectivity index (χ3n) is 4.27. The Morgan fingerprint density at radius 1 is 1.13 bits per heavy atom. The lowest BCUT2D eigenvalue weighted by Gasteiger charge is -2.24. The second kappa shape index (κ2) is 11.1. The van der Waals surface area contributed by atoms with Crippen LogP contribution in [0, 0.1) is 5.92 Å². The van der Waals surface area contributed by atoms with E-state index in [4.69, 9.17) is 9.94 Å². The summed E-state index contributed by atoms with van der Waals surface area (Å²) in [5.41, 5.74) is 2.69. The predicted octanol–water partition coefficient (Wildman–Crippen LogP) is 5.11. The molecular formula is C21H20Br2N2O6. The number of hydrogen-bond acceptors (Lipinski definition) is 6. The molecule has 10 heteroatoms. The molecular weight excluding hydrogens is 536 g/mol. The molecule has 0 saturated heterocycles. The Kier molecular flexibility index (Phi) is 8.78. The van der Waals surface area contributed by atoms with Crippen molar-refractivity contribution in [1.82, 2.24) is 5.48 Å². The van der Waals surface area contributed by atoms with Crippen molar-refractivity contribution in [3.63, 3.8) is 0 Å². The van der Waals surface area contributed by atoms with Crippen LogP contribution in [0.15, 0.2) is 57.5 Å². The van der Waals surface area contributed by atoms with E-state index in [2.05, 4.69) is 37.2 Å². The van der Waals surface area contributed by atoms with E-state index in [0.717, 1.165) is 6.08 Å². The summed E-state index contributed by atoms with van der Waals surface area (Å²) in [7, 11) is 0. The molecule has 0 aliphatic carbocycles. The Bertz CT molecular complexity index is 1010. The van der Waals surface area contributed by atoms with Gasteiger partial charge in [-0.3, -0.25) is 20.1 Å². The zero-order valence-corrected chi connectivity index (χ0v) is 19.7. The minimum atomic E-state index is -0.979. The number of phenolic OH excluding ortho intramolecular Hbond substituents is 1. The Balaban J connectivity index is 2.29. The van der Waals surface area contributed by atoms with Crippen LogP contribution in [0.25, 0.3) is 0 Å². The van der Waals surface area contributed by atoms with Crippen molar-refractivity contribution in [3.05, 3.63) is 68.6 Å². The van der Waals surface area contributed by atoms with Crippen molar-refractivity contribution in [1.29, 1.82) is 0 Å². The van der Waals surface area contributed by atoms with Crippen LogP contribution in [0.4, 0.5) is 10.5 Å². The molecule has 8 nitrogen and oxygen atoms in total. The van der Waals surface area contributed by atoms with E-state index in [1.165, 1.54) is 18.5 Å². The van der Waals surface area contributed by atoms with Gasteiger partial charge in [-0.25, -0.2) is 10.3 Å². The van der Waals surface area contributed by atoms with E-state index in [1.54, 1.807) is 43.3 Å². The van der Waals surface area contributed by atoms with Gasteiger partial charge in [0.1, 0.15) is 11.9 Å². The molecule has 0 aliphatic heterocycles. The van der Waals surface area contributed by atoms with E-state index in [-0.39, 0.29) is 11.5 Å². The van der Waals surface area contributed by atoms with Gasteiger partial charge in [-0.2, -0.15) is 0 Å². The number of carbonyl (C=O) groups is 3. The van der Waals surface area contributed by atoms with Gasteiger partial charge in [-0.1, -0.05) is 28.9 Å². The molecule has 0 radical (unpaired) electrons. The Morgan fingerprint density at radius 3 is 2.35 bits per heavy atom. The van der Waals surface area contributed by atoms with Crippen LogP contribution < -0.4 is 10.8 Å². The fourth-order valence-corrected chi connectivity index (χ4v) is 3.94. The van der Waals surface area contributed by atoms with Crippen LogP contribution in [0.2, 0.25) is 0 Å². The number of rotatable bonds is 7. The Hall–Kier alpha value is -2.69. The molecule has 0 unspecified atom stereocenters. The summed E-state index contributed by atoms with van der Waals surface area (Å²) in [5.74, 6) is -1.54. The molecule has 0 spiro atoms. The fourth-order valence-electron chi connectivity index (χ4n) is 2.69. The van der Waals surface area contributed by atoms with Gasteiger partial charge in [0.05, 0.1) is 4.47 Å². The summed E-state index contributed by atoms with van der Waals surface area (Å²) in [6, 6.07) is 9.50. The van der Waals surface area contributed by atoms with Gasteiger partial charge in [-0.15, -0.1) is 0 Å². The normalized spacial score (nSPS) is 12.8. The molecule has 0 aromatic heterocycles. The molecule has 0 fully saturated rings. The van der Waals surface area contributed by atoms with E-state index in [0.29, 0.717) is 25.8 Å². The van der Waals surface area contributed by atoms with Gasteiger partial charge in [0.15, 0.2) is 5.78 Å². The maximum Gasteiger partial charge on any atom is 0.412 e. The number of Topliss-reactive ketones (excluding diaryl/α,β-unsaturated/α-hetero) is 1. The number of amides is 2. The molecule has 31 heavy (non-hydrogen) atoms. The average molecular weight is 556 g/mol. The fraction of sp³-hybridized carbons (Fsp3) is 0.190. The molecule has 2 aromatic rings. The maximum atomic E-state index is 12.5. The number of aromatic hydroxyl groups is 1. The summed E-state index contributed by atoms with van der Waals surface area (Å²) in [6.45, 7) is 3.12. The molecule has 0 heterocycles. The highest BCUT2D eigenvalue weighted by Crippen LogP contribution is 2.40. The smallest absolute Gasteiger partial charge is 0.412 e. The number of halogens is 2. The molecule has 0 bridgehead atoms. The summed E-state index contributed by atoms with van der Waals surface area (Å²) < 4.78 is 6.59. The zero-order chi connectivity index (χ0) is 23.1. The van der Waals surface area contributed by atoms with Crippen molar-refractivity contribution < 1.29 is 29.4 Å². The SMILES string of the molecule is CC(=O)c1ccc(NC(=O)O[C@@H](c2cc(Br)cc(Br)c2O)[C@H](C)/C=C/C(=O)NO)cc1. The molecule has 2 aromatic carbocycles. The second-order valence-corrected chi connectivity index (χ2v) is 8.37. The highest BCUT2D eigenvalue weighted by atomic mass is 79.9. The maximum absolute atomic E-state index is 12.5. The number of hydrogen-bond donors (Lipinski definition) is 4. The third kappa shape index (κ3) is 6.91. The number of ether oxygens (including phenoxy) is 1. The minimum absolute atomic E-state index is 0.0996. The quantitative estimate of drug-likeness (QED) is 0.163. The van der Waals surface area contributed by atoms with Gasteiger partial charge < -0.3 is 9.84 Å². The van der Waals surface area contributed by atoms with Crippen molar-refractivity contribution in [3.8, 4) is 5.75 Å². The van der Waals surface area contributed by atoms with E-state index >= 15 is 0 Å². The highest BCUT2D eigenvalue weighted by Gasteiger charge is 2.27. The van der Waals surface area contributed by atoms with Crippen molar-refractivity contribution >= 4 is 55.3 Å². The van der Waals surface area contributed by atoms with Gasteiger partial charge in [0, 0.05) is 33.3 Å². The molecule has 0 aliphatic rings. The molecule has 164 valence electrons. The number of benzene rings is 2. The average Bonchev–Trinajstić information content (AvgIpc) is 2.73. The van der Waals surface area contributed by atoms with E-state index in [9.17, 15) is 19.5 Å². The second-order valence-electron chi connectivity index (χ2n) is 6.60. The topological polar surface area (TPSA) is 125 Å². The first-order valence-electron chi connectivity index (χ1n) is 9.01. The largest absolute Gasteiger partial charge is 0.506 e. The van der Waals surface area contributed by atoms with Crippen LogP contribution >= 0.6 is 31.9 Å². The van der Waals surface area contributed by atoms with Crippen LogP contribution in [0.5, 0.6) is 5.75 Å². The molecule has 2 atom stereocenters. The molecule has 4 N–H and O–H groups in total. The molecule has 0 saturated carbocycles. The number of phenols is 1. The summed E-state index contributed by atoms with van der Waals surface area (Å²) >= 11 is 6.58. The molecule has 2 rings (SSSR count). The number of carbonyl (C=O) groups excluding carboxylic acids is 3. The number of nitrogens with one attached hydrogen (secondary N) is 2. The number of anilines is 1. The van der Waals surface area contributed by atoms with Gasteiger partial charge >= 0.3 is 6.09 Å². The van der Waals surface area contributed by atoms with Crippen molar-refractivity contribution in [2.75, 3.05) is 5.32 Å². The van der Waals surface area contributed by atoms with Crippen LogP contribution in [-0.4, -0.2) is 28.1 Å². The lowest BCUT2D eigenvalue weighted by molar-refractivity contribution is -0.124. The monoisotopic (exact) mass is 554 g/mol. The van der Waals surface area contributed by atoms with Crippen LogP contribution in [0.1, 0.15) is 35.9 Å². The summed E-state index contributed by atoms with van der Waals surface area (Å²) in [5, 5.41) is 21.7. The Morgan fingerprint density at radius 2 is 1.77 bits per heavy atom. The van der Waals surface area contributed by atoms with Gasteiger partial charge in [-0.05, 0) is 59.3 Å². The van der Waals surface area contributed by atoms with Crippen LogP contribution in [0.3, 0.4) is 0 Å². The predicted molar refractivity (Wildman–Crippen MR) is 121 cm³/mol. The third-order valence-corrected chi connectivity index (χ3v) is 5.34. The molecule has 2 amide bonds. The first-order valence-corrected chi connectivity index (χ1v) is 10.6. The standard InChI is InChI=1S/C21H20Br2N2O6/c1-11(3-8-18(27)25-30)20(16-9-14(22)10-17(23)19(16)28)31-21(29)24-15-6-4-13(5-7-15)12(2)26/h3-11,20,28,30H,1-2H3,(H,24,29)(H,25,27)/b8-3+/t11-,20-/m1/s1. The highest BCUT2D eigenvalue weighted by molar-refractivity contribution is 9.11. The van der Waals surface area contributed by atoms with E-state index in [1.807, 2.05) is 0 Å². The van der Waals surface area contributed by atoms with Gasteiger partial charge in [0.2, 0.25) is 0 Å². The zero-order valence-electron chi connectivity index (χ0n) is 16.6. The first kappa shape index (κ1) is 24.6. The minimum Gasteiger partial charge on any atom is -0.506 e. The van der Waals surface area contributed by atoms with Crippen molar-refractivity contribution in [2.45, 2.75) is 20.0 Å². The lowest BCUT2D eigenvalue weighted by Crippen LogP contribution is -2.22. The van der Waals surface area contributed by atoms with Crippen molar-refractivity contribution in [2.24, 2.45) is 5.92 Å². The summed E-state index contributed by atoms with van der Waals surface area (Å²) in [4.78, 5) is 35.3. The van der Waals surface area contributed by atoms with E-state index < -0.39 is 24.0 Å². The lowest BCUT2D eigenvalue weighted by atomic mass is 9.96. The number of hydroxylamine groups is 1. The Labute approximate surface area is 195 Å². The van der Waals surface area contributed by atoms with Crippen LogP contribution in [-0.2, 0) is 9.53 Å². The number of ketones is 1. The first-order chi connectivity index (χ1) is 14.6. The van der Waals surface area contributed by atoms with Gasteiger partial charge in [0.25, 0.3) is 5.91 Å². The summed E-state index contributed by atoms with van der Waals surface area (Å²) in [6.07, 6.45) is 0.735.